The average molecular weight is 343 g/mol. The first kappa shape index (κ1) is 16.5. The standard InChI is InChI=1S/C18H14FNO5/c19-13-6-5-12(11-7-8-25-16(11)13)17(22)20-14(18(23)24)9-10-3-1-2-4-15(10)21/h1-8,14,21H,9H2,(H,20,22)(H,23,24). The van der Waals surface area contributed by atoms with Crippen LogP contribution in [-0.2, 0) is 11.2 Å². The van der Waals surface area contributed by atoms with Gasteiger partial charge in [-0.2, -0.15) is 0 Å². The fourth-order valence-electron chi connectivity index (χ4n) is 2.57. The largest absolute Gasteiger partial charge is 0.508 e. The lowest BCUT2D eigenvalue weighted by atomic mass is 10.0. The molecule has 1 aromatic heterocycles. The Morgan fingerprint density at radius 2 is 1.92 bits per heavy atom. The zero-order valence-electron chi connectivity index (χ0n) is 12.9. The van der Waals surface area contributed by atoms with Crippen molar-refractivity contribution in [3.05, 3.63) is 65.7 Å². The maximum atomic E-state index is 13.6. The van der Waals surface area contributed by atoms with Crippen molar-refractivity contribution in [2.75, 3.05) is 0 Å². The van der Waals surface area contributed by atoms with Gasteiger partial charge in [0.15, 0.2) is 11.4 Å². The molecule has 0 spiro atoms. The molecular weight excluding hydrogens is 329 g/mol. The van der Waals surface area contributed by atoms with Crippen LogP contribution in [-0.4, -0.2) is 28.1 Å². The third-order valence-electron chi connectivity index (χ3n) is 3.83. The van der Waals surface area contributed by atoms with E-state index in [0.29, 0.717) is 5.56 Å². The smallest absolute Gasteiger partial charge is 0.326 e. The van der Waals surface area contributed by atoms with Gasteiger partial charge >= 0.3 is 5.97 Å². The maximum Gasteiger partial charge on any atom is 0.326 e. The van der Waals surface area contributed by atoms with Crippen molar-refractivity contribution >= 4 is 22.8 Å². The third-order valence-corrected chi connectivity index (χ3v) is 3.83. The van der Waals surface area contributed by atoms with E-state index >= 15 is 0 Å². The Kier molecular flexibility index (Phi) is 4.38. The average Bonchev–Trinajstić information content (AvgIpc) is 3.06. The van der Waals surface area contributed by atoms with E-state index < -0.39 is 23.7 Å². The van der Waals surface area contributed by atoms with Crippen molar-refractivity contribution in [2.24, 2.45) is 0 Å². The number of carboxylic acid groups (broad SMARTS) is 1. The minimum atomic E-state index is -1.26. The van der Waals surface area contributed by atoms with E-state index in [0.717, 1.165) is 6.07 Å². The van der Waals surface area contributed by atoms with Crippen molar-refractivity contribution in [2.45, 2.75) is 12.5 Å². The Hall–Kier alpha value is -3.35. The van der Waals surface area contributed by atoms with Gasteiger partial charge in [0.25, 0.3) is 5.91 Å². The quantitative estimate of drug-likeness (QED) is 0.661. The summed E-state index contributed by atoms with van der Waals surface area (Å²) in [7, 11) is 0. The summed E-state index contributed by atoms with van der Waals surface area (Å²) in [5, 5.41) is 21.8. The van der Waals surface area contributed by atoms with E-state index in [1.54, 1.807) is 18.2 Å². The molecule has 1 atom stereocenters. The molecule has 1 unspecified atom stereocenters. The number of fused-ring (bicyclic) bond motifs is 1. The zero-order chi connectivity index (χ0) is 18.0. The van der Waals surface area contributed by atoms with Crippen LogP contribution in [0, 0.1) is 5.82 Å². The highest BCUT2D eigenvalue weighted by molar-refractivity contribution is 6.07. The number of para-hydroxylation sites is 1. The number of aromatic hydroxyl groups is 1. The molecular formula is C18H14FNO5. The number of hydrogen-bond donors (Lipinski definition) is 3. The zero-order valence-corrected chi connectivity index (χ0v) is 12.9. The number of halogens is 1. The van der Waals surface area contributed by atoms with Gasteiger partial charge in [-0.15, -0.1) is 0 Å². The van der Waals surface area contributed by atoms with Gasteiger partial charge in [0.1, 0.15) is 11.8 Å². The summed E-state index contributed by atoms with van der Waals surface area (Å²) in [5.41, 5.74) is 0.427. The number of nitrogens with one attached hydrogen (secondary N) is 1. The van der Waals surface area contributed by atoms with Gasteiger partial charge in [0, 0.05) is 11.8 Å². The Balaban J connectivity index is 1.86. The fraction of sp³-hybridized carbons (Fsp3) is 0.111. The van der Waals surface area contributed by atoms with Crippen LogP contribution in [0.4, 0.5) is 4.39 Å². The molecule has 0 saturated carbocycles. The van der Waals surface area contributed by atoms with Gasteiger partial charge < -0.3 is 19.9 Å². The lowest BCUT2D eigenvalue weighted by Gasteiger charge is -2.15. The van der Waals surface area contributed by atoms with Gasteiger partial charge in [-0.25, -0.2) is 9.18 Å². The summed E-state index contributed by atoms with van der Waals surface area (Å²) in [6.07, 6.45) is 1.16. The van der Waals surface area contributed by atoms with E-state index in [-0.39, 0.29) is 28.7 Å². The molecule has 0 aliphatic carbocycles. The van der Waals surface area contributed by atoms with Crippen LogP contribution in [0.1, 0.15) is 15.9 Å². The number of amides is 1. The van der Waals surface area contributed by atoms with Gasteiger partial charge in [0.05, 0.1) is 11.8 Å². The number of furan rings is 1. The Labute approximate surface area is 141 Å². The van der Waals surface area contributed by atoms with E-state index in [2.05, 4.69) is 5.32 Å². The number of aliphatic carboxylic acids is 1. The Morgan fingerprint density at radius 3 is 2.64 bits per heavy atom. The molecule has 1 heterocycles. The summed E-state index contributed by atoms with van der Waals surface area (Å²) in [4.78, 5) is 23.9. The number of phenols is 1. The Bertz CT molecular complexity index is 950. The molecule has 6 nitrogen and oxygen atoms in total. The van der Waals surface area contributed by atoms with Crippen molar-refractivity contribution in [3.8, 4) is 5.75 Å². The summed E-state index contributed by atoms with van der Waals surface area (Å²) >= 11 is 0. The molecule has 2 aromatic carbocycles. The second-order valence-electron chi connectivity index (χ2n) is 5.46. The molecule has 3 rings (SSSR count). The summed E-state index contributed by atoms with van der Waals surface area (Å²) in [6, 6.07) is 8.81. The predicted octanol–water partition coefficient (Wildman–Crippen LogP) is 2.70. The third kappa shape index (κ3) is 3.30. The molecule has 3 N–H and O–H groups in total. The first-order valence-corrected chi connectivity index (χ1v) is 7.43. The van der Waals surface area contributed by atoms with E-state index in [4.69, 9.17) is 4.42 Å². The minimum absolute atomic E-state index is 0.0537. The highest BCUT2D eigenvalue weighted by atomic mass is 19.1. The number of carbonyl (C=O) groups excluding carboxylic acids is 1. The molecule has 3 aromatic rings. The van der Waals surface area contributed by atoms with E-state index in [1.807, 2.05) is 0 Å². The van der Waals surface area contributed by atoms with Crippen LogP contribution in [0.25, 0.3) is 11.0 Å². The van der Waals surface area contributed by atoms with E-state index in [1.165, 1.54) is 24.5 Å². The number of hydrogen-bond acceptors (Lipinski definition) is 4. The molecule has 7 heteroatoms. The molecule has 0 saturated heterocycles. The van der Waals surface area contributed by atoms with Crippen molar-refractivity contribution in [1.29, 1.82) is 0 Å². The van der Waals surface area contributed by atoms with Crippen LogP contribution >= 0.6 is 0 Å². The van der Waals surface area contributed by atoms with Crippen molar-refractivity contribution in [1.82, 2.24) is 5.32 Å². The Morgan fingerprint density at radius 1 is 1.16 bits per heavy atom. The maximum absolute atomic E-state index is 13.6. The molecule has 1 amide bonds. The second kappa shape index (κ2) is 6.64. The molecule has 0 aliphatic rings. The molecule has 0 aliphatic heterocycles. The highest BCUT2D eigenvalue weighted by Gasteiger charge is 2.24. The van der Waals surface area contributed by atoms with Crippen LogP contribution in [0.5, 0.6) is 5.75 Å². The van der Waals surface area contributed by atoms with Gasteiger partial charge in [-0.1, -0.05) is 18.2 Å². The normalized spacial score (nSPS) is 12.0. The number of carboxylic acids is 1. The van der Waals surface area contributed by atoms with Crippen LogP contribution in [0.3, 0.4) is 0 Å². The monoisotopic (exact) mass is 343 g/mol. The van der Waals surface area contributed by atoms with Gasteiger partial charge in [-0.3, -0.25) is 4.79 Å². The fourth-order valence-corrected chi connectivity index (χ4v) is 2.57. The molecule has 0 radical (unpaired) electrons. The molecule has 0 bridgehead atoms. The highest BCUT2D eigenvalue weighted by Crippen LogP contribution is 2.23. The summed E-state index contributed by atoms with van der Waals surface area (Å²) in [6.45, 7) is 0. The topological polar surface area (TPSA) is 99.8 Å². The first-order chi connectivity index (χ1) is 12.0. The van der Waals surface area contributed by atoms with Crippen LogP contribution in [0.2, 0.25) is 0 Å². The first-order valence-electron chi connectivity index (χ1n) is 7.43. The van der Waals surface area contributed by atoms with Crippen LogP contribution in [0.15, 0.2) is 53.1 Å². The van der Waals surface area contributed by atoms with Crippen molar-refractivity contribution in [3.63, 3.8) is 0 Å². The predicted molar refractivity (Wildman–Crippen MR) is 86.9 cm³/mol. The molecule has 0 fully saturated rings. The van der Waals surface area contributed by atoms with Crippen LogP contribution < -0.4 is 5.32 Å². The molecule has 25 heavy (non-hydrogen) atoms. The lowest BCUT2D eigenvalue weighted by molar-refractivity contribution is -0.139. The van der Waals surface area contributed by atoms with E-state index in [9.17, 15) is 24.2 Å². The number of benzene rings is 2. The van der Waals surface area contributed by atoms with Crippen molar-refractivity contribution < 1.29 is 28.6 Å². The molecule has 128 valence electrons. The minimum Gasteiger partial charge on any atom is -0.508 e. The van der Waals surface area contributed by atoms with Gasteiger partial charge in [-0.05, 0) is 29.8 Å². The lowest BCUT2D eigenvalue weighted by Crippen LogP contribution is -2.42. The number of carbonyl (C=O) groups is 2. The summed E-state index contributed by atoms with van der Waals surface area (Å²) in [5.74, 6) is -2.58. The number of phenolic OH excluding ortho intramolecular Hbond substituents is 1. The second-order valence-corrected chi connectivity index (χ2v) is 5.46. The SMILES string of the molecule is O=C(NC(Cc1ccccc1O)C(=O)O)c1ccc(F)c2occc12. The summed E-state index contributed by atoms with van der Waals surface area (Å²) < 4.78 is 18.6. The van der Waals surface area contributed by atoms with Gasteiger partial charge in [0.2, 0.25) is 0 Å². The number of rotatable bonds is 5.